The summed E-state index contributed by atoms with van der Waals surface area (Å²) in [5.41, 5.74) is 4.18. The Balaban J connectivity index is 1.27. The third-order valence-corrected chi connectivity index (χ3v) is 17.9. The van der Waals surface area contributed by atoms with Gasteiger partial charge in [0.25, 0.3) is 40.5 Å². The number of imidazole rings is 1. The van der Waals surface area contributed by atoms with Crippen LogP contribution in [0.2, 0.25) is 5.02 Å². The number of hydrogen-bond donors (Lipinski definition) is 5. The van der Waals surface area contributed by atoms with Gasteiger partial charge in [0, 0.05) is 26.4 Å². The standard InChI is InChI=1S/C51H52ClN11O14S6/c1-29-10-15-46(83(74,75)76)48-49(29)63-50(54-48)36(28-53)33(5)47(51(63)64)62-59-40-22-30(2)37(25-43(40)77-16-6-7-19-80(65,66)67)57-60-41-24-32(4)39(27-45(41)79-18-9-21-82(71,72)73)58-61-42-23-31(3)38(56-55-35-13-11-34(52)12-14-35)26-44(42)78-17-8-20-81(68,69)70/h10-15,22-27,64H,6-9,16-21H2,1-5H3,(H,65,66,67)(H,68,69,70)(H,71,72,73)(H,74,75,76). The van der Waals surface area contributed by atoms with E-state index in [0.29, 0.717) is 65.5 Å². The van der Waals surface area contributed by atoms with Gasteiger partial charge in [-0.15, -0.1) is 44.0 Å². The van der Waals surface area contributed by atoms with Gasteiger partial charge in [-0.1, -0.05) is 17.7 Å². The molecule has 7 aromatic rings. The molecule has 25 nitrogen and oxygen atoms in total. The Morgan fingerprint density at radius 3 is 1.59 bits per heavy atom. The summed E-state index contributed by atoms with van der Waals surface area (Å²) in [5, 5.41) is 58.4. The molecule has 5 aromatic carbocycles. The number of unbranched alkanes of at least 4 members (excludes halogenated alkanes) is 1. The van der Waals surface area contributed by atoms with Crippen LogP contribution in [0.1, 0.15) is 59.1 Å². The number of ether oxygens (including phenoxy) is 1. The van der Waals surface area contributed by atoms with Gasteiger partial charge in [0.2, 0.25) is 5.88 Å². The number of azo groups is 4. The molecule has 0 saturated carbocycles. The van der Waals surface area contributed by atoms with Crippen LogP contribution in [0.3, 0.4) is 0 Å². The lowest BCUT2D eigenvalue weighted by atomic mass is 10.1. The number of benzene rings is 5. The van der Waals surface area contributed by atoms with Crippen molar-refractivity contribution in [3.05, 3.63) is 111 Å². The monoisotopic (exact) mass is 1270 g/mol. The lowest BCUT2D eigenvalue weighted by Crippen LogP contribution is -2.06. The summed E-state index contributed by atoms with van der Waals surface area (Å²) in [7, 11) is -17.6. The maximum Gasteiger partial charge on any atom is 0.296 e. The number of aryl methyl sites for hydroxylation is 4. The molecular weight excluding hydrogens is 1220 g/mol. The highest BCUT2D eigenvalue weighted by atomic mass is 35.5. The highest BCUT2D eigenvalue weighted by Crippen LogP contribution is 2.44. The molecule has 0 radical (unpaired) electrons. The summed E-state index contributed by atoms with van der Waals surface area (Å²) in [4.78, 5) is 4.84. The molecule has 0 fully saturated rings. The predicted molar refractivity (Wildman–Crippen MR) is 315 cm³/mol. The van der Waals surface area contributed by atoms with E-state index in [4.69, 9.17) is 16.3 Å². The van der Waals surface area contributed by atoms with Crippen LogP contribution >= 0.6 is 35.1 Å². The van der Waals surface area contributed by atoms with Crippen LogP contribution in [0.15, 0.2) is 128 Å². The van der Waals surface area contributed by atoms with Gasteiger partial charge in [0.05, 0.1) is 63.5 Å². The van der Waals surface area contributed by atoms with Crippen molar-refractivity contribution in [2.45, 2.75) is 75.0 Å². The summed E-state index contributed by atoms with van der Waals surface area (Å²) in [6, 6.07) is 21.2. The predicted octanol–water partition coefficient (Wildman–Crippen LogP) is 14.0. The average molecular weight is 1270 g/mol. The molecule has 5 N–H and O–H groups in total. The third-order valence-electron chi connectivity index (χ3n) is 12.1. The Kier molecular flexibility index (Phi) is 20.6. The number of rotatable bonds is 25. The Morgan fingerprint density at radius 2 is 1.07 bits per heavy atom. The van der Waals surface area contributed by atoms with Crippen molar-refractivity contribution in [1.82, 2.24) is 9.38 Å². The zero-order valence-corrected chi connectivity index (χ0v) is 50.3. The van der Waals surface area contributed by atoms with Crippen LogP contribution in [-0.4, -0.2) is 102 Å². The molecule has 0 bridgehead atoms. The summed E-state index contributed by atoms with van der Waals surface area (Å²) in [6.07, 6.45) is 0.361. The van der Waals surface area contributed by atoms with Crippen LogP contribution in [0, 0.1) is 45.9 Å². The Labute approximate surface area is 491 Å². The number of pyridine rings is 1. The fourth-order valence-corrected chi connectivity index (χ4v) is 12.6. The van der Waals surface area contributed by atoms with Crippen LogP contribution < -0.4 is 4.74 Å². The third kappa shape index (κ3) is 17.2. The Hall–Kier alpha value is -6.83. The molecule has 2 heterocycles. The first-order chi connectivity index (χ1) is 39.0. The van der Waals surface area contributed by atoms with E-state index >= 15 is 0 Å². The molecule has 0 spiro atoms. The molecule has 7 rings (SSSR count). The fourth-order valence-electron chi connectivity index (χ4n) is 7.95. The number of fused-ring (bicyclic) bond motifs is 3. The molecule has 83 heavy (non-hydrogen) atoms. The largest absolute Gasteiger partial charge is 0.493 e. The summed E-state index contributed by atoms with van der Waals surface area (Å²) >= 11 is 8.50. The molecular formula is C51H52ClN11O14S6. The van der Waals surface area contributed by atoms with Crippen molar-refractivity contribution < 1.29 is 61.7 Å². The lowest BCUT2D eigenvalue weighted by molar-refractivity contribution is 0.310. The van der Waals surface area contributed by atoms with Crippen molar-refractivity contribution in [3.8, 4) is 17.7 Å². The van der Waals surface area contributed by atoms with Crippen molar-refractivity contribution in [2.75, 3.05) is 35.4 Å². The van der Waals surface area contributed by atoms with Crippen molar-refractivity contribution in [3.63, 3.8) is 0 Å². The number of nitriles is 1. The maximum atomic E-state index is 12.3. The summed E-state index contributed by atoms with van der Waals surface area (Å²) in [5.74, 6) is -1.54. The number of halogens is 1. The molecule has 0 atom stereocenters. The zero-order chi connectivity index (χ0) is 60.6. The molecule has 2 aromatic heterocycles. The van der Waals surface area contributed by atoms with Crippen LogP contribution in [0.4, 0.5) is 45.5 Å². The fraction of sp³-hybridized carbons (Fsp3) is 0.294. The van der Waals surface area contributed by atoms with Gasteiger partial charge in [-0.25, -0.2) is 4.98 Å². The zero-order valence-electron chi connectivity index (χ0n) is 44.7. The first-order valence-corrected chi connectivity index (χ1v) is 33.3. The lowest BCUT2D eigenvalue weighted by Gasteiger charge is -2.12. The normalized spacial score (nSPS) is 12.8. The Morgan fingerprint density at radius 1 is 0.590 bits per heavy atom. The first kappa shape index (κ1) is 63.7. The smallest absolute Gasteiger partial charge is 0.296 e. The van der Waals surface area contributed by atoms with E-state index in [1.54, 1.807) is 76.2 Å². The second kappa shape index (κ2) is 26.8. The average Bonchev–Trinajstić information content (AvgIpc) is 1.89. The molecule has 32 heteroatoms. The highest BCUT2D eigenvalue weighted by Gasteiger charge is 2.26. The number of thioether (sulfide) groups is 2. The van der Waals surface area contributed by atoms with Crippen LogP contribution in [-0.2, 0) is 40.5 Å². The number of aromatic hydroxyl groups is 1. The second-order valence-electron chi connectivity index (χ2n) is 18.5. The number of aromatic nitrogens is 2. The van der Waals surface area contributed by atoms with E-state index in [1.807, 2.05) is 6.07 Å². The number of nitrogens with zero attached hydrogens (tertiary/aromatic N) is 11. The molecule has 0 saturated heterocycles. The van der Waals surface area contributed by atoms with E-state index in [0.717, 1.165) is 10.5 Å². The topological polar surface area (TPSA) is 387 Å². The number of hydrogen-bond acceptors (Lipinski definition) is 22. The van der Waals surface area contributed by atoms with Gasteiger partial charge in [0.15, 0.2) is 11.3 Å². The molecule has 0 amide bonds. The van der Waals surface area contributed by atoms with Gasteiger partial charge in [-0.2, -0.15) is 59.4 Å². The first-order valence-electron chi connectivity index (χ1n) is 24.7. The van der Waals surface area contributed by atoms with Crippen LogP contribution in [0.25, 0.3) is 16.7 Å². The van der Waals surface area contributed by atoms with Gasteiger partial charge in [-0.05, 0) is 155 Å². The molecule has 438 valence electrons. The van der Waals surface area contributed by atoms with Gasteiger partial charge < -0.3 is 9.84 Å². The van der Waals surface area contributed by atoms with Gasteiger partial charge in [-0.3, -0.25) is 22.6 Å². The highest BCUT2D eigenvalue weighted by molar-refractivity contribution is 7.99. The van der Waals surface area contributed by atoms with E-state index in [1.165, 1.54) is 48.6 Å². The van der Waals surface area contributed by atoms with Crippen molar-refractivity contribution >= 4 is 138 Å². The van der Waals surface area contributed by atoms with Crippen LogP contribution in [0.5, 0.6) is 11.6 Å². The van der Waals surface area contributed by atoms with E-state index in [9.17, 15) is 62.3 Å². The minimum Gasteiger partial charge on any atom is -0.493 e. The minimum atomic E-state index is -4.80. The SMILES string of the molecule is Cc1cc(N=Nc2cc(SCCCS(=O)(=O)O)c(N=Nc3cc(OCCCCS(=O)(=O)O)c(N=Nc4c(C)c(C#N)c5nc6c(S(=O)(=O)O)ccc(C)c6n5c4O)cc3C)cc2C)c(SCCCS(=O)(=O)O)cc1N=Nc1ccc(Cl)cc1. The molecule has 0 aliphatic heterocycles. The quantitative estimate of drug-likeness (QED) is 0.0154. The van der Waals surface area contributed by atoms with E-state index in [-0.39, 0.29) is 94.4 Å². The van der Waals surface area contributed by atoms with Gasteiger partial charge >= 0.3 is 0 Å². The molecule has 0 aliphatic carbocycles. The summed E-state index contributed by atoms with van der Waals surface area (Å²) in [6.45, 7) is 8.22. The molecule has 0 unspecified atom stereocenters. The summed E-state index contributed by atoms with van der Waals surface area (Å²) < 4.78 is 139. The molecule has 0 aliphatic rings. The van der Waals surface area contributed by atoms with E-state index in [2.05, 4.69) is 45.9 Å². The van der Waals surface area contributed by atoms with Crippen molar-refractivity contribution in [1.29, 1.82) is 5.26 Å². The van der Waals surface area contributed by atoms with Gasteiger partial charge in [0.1, 0.15) is 33.5 Å². The second-order valence-corrected chi connectivity index (χ2v) is 27.3. The minimum absolute atomic E-state index is 0.0274. The van der Waals surface area contributed by atoms with Crippen molar-refractivity contribution in [2.24, 2.45) is 40.9 Å². The van der Waals surface area contributed by atoms with E-state index < -0.39 is 68.5 Å². The Bertz CT molecular complexity index is 4310. The maximum absolute atomic E-state index is 12.3.